The van der Waals surface area contributed by atoms with Crippen LogP contribution in [0.2, 0.25) is 0 Å². The molecule has 3 heterocycles. The lowest BCUT2D eigenvalue weighted by Crippen LogP contribution is -1.98. The summed E-state index contributed by atoms with van der Waals surface area (Å²) in [6, 6.07) is -0.121. The molecule has 0 saturated heterocycles. The Morgan fingerprint density at radius 2 is 1.09 bits per heavy atom. The number of benzene rings is 7. The zero-order valence-electron chi connectivity index (χ0n) is 41.8. The maximum Gasteiger partial charge on any atom is 0.136 e. The van der Waals surface area contributed by atoms with Crippen molar-refractivity contribution in [1.82, 2.24) is 9.13 Å². The van der Waals surface area contributed by atoms with Crippen molar-refractivity contribution in [2.45, 2.75) is 0 Å². The smallest absolute Gasteiger partial charge is 0.136 e. The number of nitrogens with zero attached hydrogens (tertiary/aromatic N) is 2. The Morgan fingerprint density at radius 3 is 1.93 bits per heavy atom. The van der Waals surface area contributed by atoms with Gasteiger partial charge in [-0.1, -0.05) is 103 Å². The first-order valence-corrected chi connectivity index (χ1v) is 13.8. The van der Waals surface area contributed by atoms with Gasteiger partial charge in [0.1, 0.15) is 11.2 Å². The van der Waals surface area contributed by atoms with E-state index in [0.29, 0.717) is 21.8 Å². The molecule has 0 N–H and O–H groups in total. The summed E-state index contributed by atoms with van der Waals surface area (Å²) in [6.07, 6.45) is 0. The molecule has 0 saturated carbocycles. The summed E-state index contributed by atoms with van der Waals surface area (Å²) in [7, 11) is 0. The van der Waals surface area contributed by atoms with Crippen molar-refractivity contribution in [3.63, 3.8) is 0 Å². The lowest BCUT2D eigenvalue weighted by molar-refractivity contribution is 0.669. The Labute approximate surface area is 285 Å². The summed E-state index contributed by atoms with van der Waals surface area (Å²) in [5, 5.41) is 0.159. The molecule has 0 spiro atoms. The topological polar surface area (TPSA) is 23.0 Å². The number of para-hydroxylation sites is 5. The summed E-state index contributed by atoms with van der Waals surface area (Å²) >= 11 is 0. The molecule has 3 nitrogen and oxygen atoms in total. The fourth-order valence-electron chi connectivity index (χ4n) is 6.22. The number of hydrogen-bond acceptors (Lipinski definition) is 1. The minimum Gasteiger partial charge on any atom is -0.456 e. The summed E-state index contributed by atoms with van der Waals surface area (Å²) in [4.78, 5) is 0. The van der Waals surface area contributed by atoms with Gasteiger partial charge in [-0.3, -0.25) is 0 Å². The van der Waals surface area contributed by atoms with Crippen molar-refractivity contribution < 1.29 is 30.5 Å². The van der Waals surface area contributed by atoms with Gasteiger partial charge < -0.3 is 13.6 Å². The Morgan fingerprint density at radius 1 is 0.444 bits per heavy atom. The van der Waals surface area contributed by atoms with E-state index in [1.165, 1.54) is 15.2 Å². The summed E-state index contributed by atoms with van der Waals surface area (Å²) in [6.45, 7) is 0. The quantitative estimate of drug-likeness (QED) is 0.200. The first-order chi connectivity index (χ1) is 30.2. The fourth-order valence-corrected chi connectivity index (χ4v) is 6.22. The van der Waals surface area contributed by atoms with Gasteiger partial charge in [0.25, 0.3) is 0 Å². The van der Waals surface area contributed by atoms with Crippen molar-refractivity contribution in [2.75, 3.05) is 0 Å². The SMILES string of the molecule is [2H]c1c([2H])c([2H])c(-n2c3ccccc3c3cc(-n4c5c([2H])c([2H])c([2H])c([2H])c5c5c([2H])c([2H])c([2H])c([2H])c54)ccc32)c(-c2c([2H])c([2H])c([2H])c3oc4c([2H])c([2H])c([2H])c([2H])c4c23)c1[2H]. The third-order valence-electron chi connectivity index (χ3n) is 8.04. The molecule has 45 heavy (non-hydrogen) atoms. The van der Waals surface area contributed by atoms with Crippen LogP contribution >= 0.6 is 0 Å². The van der Waals surface area contributed by atoms with E-state index in [0.717, 1.165) is 0 Å². The largest absolute Gasteiger partial charge is 0.456 e. The third kappa shape index (κ3) is 3.41. The van der Waals surface area contributed by atoms with Crippen LogP contribution in [0.25, 0.3) is 88.1 Å². The maximum atomic E-state index is 9.44. The van der Waals surface area contributed by atoms with Crippen molar-refractivity contribution in [1.29, 1.82) is 0 Å². The second-order valence-corrected chi connectivity index (χ2v) is 10.3. The zero-order valence-corrected chi connectivity index (χ0v) is 22.8. The second-order valence-electron chi connectivity index (χ2n) is 10.3. The molecule has 10 rings (SSSR count). The predicted octanol–water partition coefficient (Wildman–Crippen LogP) is 11.4. The highest BCUT2D eigenvalue weighted by molar-refractivity contribution is 6.15. The molecule has 3 heteroatoms. The minimum atomic E-state index is -0.726. The van der Waals surface area contributed by atoms with Crippen LogP contribution in [-0.2, 0) is 0 Å². The molecule has 0 aliphatic rings. The van der Waals surface area contributed by atoms with E-state index in [-0.39, 0.29) is 60.7 Å². The molecule has 0 aliphatic heterocycles. The third-order valence-corrected chi connectivity index (χ3v) is 8.04. The number of rotatable bonds is 3. The lowest BCUT2D eigenvalue weighted by atomic mass is 9.98. The van der Waals surface area contributed by atoms with Crippen LogP contribution in [0.3, 0.4) is 0 Å². The van der Waals surface area contributed by atoms with E-state index >= 15 is 0 Å². The van der Waals surface area contributed by atoms with Crippen LogP contribution in [-0.4, -0.2) is 9.13 Å². The van der Waals surface area contributed by atoms with Gasteiger partial charge in [-0.05, 0) is 60.0 Å². The van der Waals surface area contributed by atoms with E-state index in [4.69, 9.17) is 26.3 Å². The van der Waals surface area contributed by atoms with Gasteiger partial charge in [0.2, 0.25) is 0 Å². The number of fused-ring (bicyclic) bond motifs is 9. The molecule has 0 amide bonds. The molecular formula is C42H26N2O. The normalized spacial score (nSPS) is 17.9. The highest BCUT2D eigenvalue weighted by Gasteiger charge is 2.20. The van der Waals surface area contributed by atoms with Gasteiger partial charge in [0.15, 0.2) is 0 Å². The van der Waals surface area contributed by atoms with Gasteiger partial charge in [-0.25, -0.2) is 0 Å². The molecule has 0 fully saturated rings. The molecule has 0 bridgehead atoms. The van der Waals surface area contributed by atoms with Gasteiger partial charge in [0.05, 0.1) is 53.8 Å². The van der Waals surface area contributed by atoms with Crippen LogP contribution in [0.5, 0.6) is 0 Å². The lowest BCUT2D eigenvalue weighted by Gasteiger charge is -2.15. The van der Waals surface area contributed by atoms with E-state index in [1.54, 1.807) is 36.4 Å². The molecule has 0 radical (unpaired) electrons. The number of aromatic nitrogens is 2. The van der Waals surface area contributed by atoms with E-state index in [1.807, 2.05) is 0 Å². The average Bonchev–Trinajstić information content (AvgIpc) is 3.97. The van der Waals surface area contributed by atoms with Crippen molar-refractivity contribution in [3.8, 4) is 22.5 Å². The summed E-state index contributed by atoms with van der Waals surface area (Å²) in [5.41, 5.74) is -1.07. The molecule has 0 atom stereocenters. The van der Waals surface area contributed by atoms with E-state index in [9.17, 15) is 4.11 Å². The first-order valence-electron chi connectivity index (χ1n) is 23.3. The van der Waals surface area contributed by atoms with E-state index in [2.05, 4.69) is 0 Å². The zero-order chi connectivity index (χ0) is 46.0. The molecule has 210 valence electrons. The molecule has 0 unspecified atom stereocenters. The standard InChI is InChI=1S/C42H26N2O/c1-6-18-35-28(12-1)29-13-2-7-19-36(29)43(35)27-24-25-39-34(26-27)31-15-4-9-21-38(31)44(39)37-20-8-3-14-30(37)32-17-11-23-41-42(32)33-16-5-10-22-40(33)45-41/h1-26H/i1D,2D,3D,5D,6D,7D,8D,10D,11D,12D,13D,14D,16D,17D,18D,19D,20D,22D,23D. The molecule has 7 aromatic carbocycles. The van der Waals surface area contributed by atoms with E-state index < -0.39 is 120 Å². The number of furan rings is 1. The summed E-state index contributed by atoms with van der Waals surface area (Å²) < 4.78 is 176. The van der Waals surface area contributed by atoms with Crippen molar-refractivity contribution in [2.24, 2.45) is 0 Å². The maximum absolute atomic E-state index is 9.44. The van der Waals surface area contributed by atoms with Gasteiger partial charge in [-0.2, -0.15) is 0 Å². The fraction of sp³-hybridized carbons (Fsp3) is 0. The average molecular weight is 594 g/mol. The molecular weight excluding hydrogens is 548 g/mol. The molecule has 10 aromatic rings. The van der Waals surface area contributed by atoms with Crippen LogP contribution in [0.15, 0.2) is 162 Å². The Balaban J connectivity index is 1.38. The van der Waals surface area contributed by atoms with Crippen molar-refractivity contribution >= 4 is 65.6 Å². The Kier molecular flexibility index (Phi) is 2.56. The van der Waals surface area contributed by atoms with Gasteiger partial charge in [-0.15, -0.1) is 0 Å². The minimum absolute atomic E-state index is 0.114. The highest BCUT2D eigenvalue weighted by Crippen LogP contribution is 2.42. The second kappa shape index (κ2) is 9.22. The monoisotopic (exact) mass is 593 g/mol. The Bertz CT molecular complexity index is 3770. The summed E-state index contributed by atoms with van der Waals surface area (Å²) in [5.74, 6) is 0. The predicted molar refractivity (Wildman–Crippen MR) is 188 cm³/mol. The van der Waals surface area contributed by atoms with Gasteiger partial charge in [0, 0.05) is 43.6 Å². The van der Waals surface area contributed by atoms with Crippen LogP contribution in [0.4, 0.5) is 0 Å². The first kappa shape index (κ1) is 12.5. The van der Waals surface area contributed by atoms with Crippen LogP contribution in [0, 0.1) is 0 Å². The van der Waals surface area contributed by atoms with Gasteiger partial charge >= 0.3 is 0 Å². The van der Waals surface area contributed by atoms with Crippen LogP contribution < -0.4 is 0 Å². The van der Waals surface area contributed by atoms with Crippen LogP contribution in [0.1, 0.15) is 26.0 Å². The molecule has 3 aromatic heterocycles. The highest BCUT2D eigenvalue weighted by atomic mass is 16.3. The van der Waals surface area contributed by atoms with Crippen molar-refractivity contribution in [3.05, 3.63) is 157 Å². The number of hydrogen-bond donors (Lipinski definition) is 0. The molecule has 0 aliphatic carbocycles. The Hall–Kier alpha value is -6.06.